The highest BCUT2D eigenvalue weighted by atomic mass is 16.1. The Morgan fingerprint density at radius 1 is 1.00 bits per heavy atom. The number of ketones is 1. The van der Waals surface area contributed by atoms with E-state index in [1.165, 1.54) is 0 Å². The fraction of sp³-hybridized carbons (Fsp3) is 0.241. The van der Waals surface area contributed by atoms with Crippen LogP contribution in [0.25, 0.3) is 6.08 Å². The fourth-order valence-electron chi connectivity index (χ4n) is 5.88. The molecule has 3 atom stereocenters. The summed E-state index contributed by atoms with van der Waals surface area (Å²) in [7, 11) is 0. The van der Waals surface area contributed by atoms with Crippen LogP contribution in [0.1, 0.15) is 44.2 Å². The van der Waals surface area contributed by atoms with Crippen molar-refractivity contribution in [1.82, 2.24) is 4.98 Å². The highest BCUT2D eigenvalue weighted by Crippen LogP contribution is 2.56. The van der Waals surface area contributed by atoms with Crippen molar-refractivity contribution in [3.8, 4) is 12.1 Å². The number of anilines is 1. The van der Waals surface area contributed by atoms with E-state index in [9.17, 15) is 15.3 Å². The number of aromatic nitrogens is 1. The van der Waals surface area contributed by atoms with Gasteiger partial charge in [-0.1, -0.05) is 54.1 Å². The van der Waals surface area contributed by atoms with E-state index in [1.54, 1.807) is 18.3 Å². The Morgan fingerprint density at radius 3 is 2.32 bits per heavy atom. The zero-order valence-electron chi connectivity index (χ0n) is 19.4. The van der Waals surface area contributed by atoms with Crippen LogP contribution in [0.15, 0.2) is 66.9 Å². The smallest absolute Gasteiger partial charge is 0.185 e. The van der Waals surface area contributed by atoms with Crippen LogP contribution < -0.4 is 4.90 Å². The molecular weight excluding hydrogens is 420 g/mol. The second kappa shape index (κ2) is 7.97. The van der Waals surface area contributed by atoms with Gasteiger partial charge in [0, 0.05) is 17.7 Å². The lowest BCUT2D eigenvalue weighted by atomic mass is 9.67. The van der Waals surface area contributed by atoms with Gasteiger partial charge in [-0.05, 0) is 55.7 Å². The van der Waals surface area contributed by atoms with Gasteiger partial charge >= 0.3 is 0 Å². The van der Waals surface area contributed by atoms with E-state index in [1.807, 2.05) is 68.2 Å². The number of aryl methyl sites for hydroxylation is 3. The topological polar surface area (TPSA) is 80.8 Å². The summed E-state index contributed by atoms with van der Waals surface area (Å²) in [6.45, 7) is 6.03. The van der Waals surface area contributed by atoms with Gasteiger partial charge in [-0.25, -0.2) is 0 Å². The lowest BCUT2D eigenvalue weighted by Crippen LogP contribution is -2.44. The molecule has 5 nitrogen and oxygen atoms in total. The molecular formula is C29H24N4O. The van der Waals surface area contributed by atoms with Gasteiger partial charge in [0.2, 0.25) is 0 Å². The molecule has 0 spiro atoms. The van der Waals surface area contributed by atoms with Crippen LogP contribution in [0.4, 0.5) is 5.69 Å². The third-order valence-electron chi connectivity index (χ3n) is 7.15. The van der Waals surface area contributed by atoms with Crippen LogP contribution >= 0.6 is 0 Å². The highest BCUT2D eigenvalue weighted by Gasteiger charge is 2.64. The second-order valence-corrected chi connectivity index (χ2v) is 9.18. The van der Waals surface area contributed by atoms with E-state index >= 15 is 0 Å². The molecule has 3 aromatic rings. The maximum atomic E-state index is 14.2. The van der Waals surface area contributed by atoms with Crippen molar-refractivity contribution in [1.29, 1.82) is 10.5 Å². The molecule has 1 fully saturated rings. The van der Waals surface area contributed by atoms with Crippen LogP contribution in [0, 0.1) is 48.8 Å². The van der Waals surface area contributed by atoms with E-state index in [0.717, 1.165) is 33.6 Å². The Bertz CT molecular complexity index is 1370. The third-order valence-corrected chi connectivity index (χ3v) is 7.15. The average Bonchev–Trinajstić information content (AvgIpc) is 3.14. The van der Waals surface area contributed by atoms with Crippen molar-refractivity contribution in [2.45, 2.75) is 38.8 Å². The number of pyridine rings is 1. The molecule has 0 radical (unpaired) electrons. The number of benzene rings is 2. The minimum absolute atomic E-state index is 0.104. The molecule has 0 amide bonds. The summed E-state index contributed by atoms with van der Waals surface area (Å²) in [5.74, 6) is -0.746. The lowest BCUT2D eigenvalue weighted by Gasteiger charge is -2.35. The second-order valence-electron chi connectivity index (χ2n) is 9.18. The van der Waals surface area contributed by atoms with Gasteiger partial charge in [0.1, 0.15) is 6.04 Å². The Kier molecular flexibility index (Phi) is 5.07. The van der Waals surface area contributed by atoms with Gasteiger partial charge in [-0.15, -0.1) is 0 Å². The van der Waals surface area contributed by atoms with Crippen LogP contribution in [0.5, 0.6) is 0 Å². The van der Waals surface area contributed by atoms with Crippen molar-refractivity contribution < 1.29 is 4.79 Å². The maximum Gasteiger partial charge on any atom is 0.185 e. The number of nitrogens with zero attached hydrogens (tertiary/aromatic N) is 4. The number of Topliss-reactive ketones (excluding diaryl/α,β-unsaturated/α-hetero) is 1. The molecule has 0 bridgehead atoms. The maximum absolute atomic E-state index is 14.2. The molecule has 2 aliphatic heterocycles. The van der Waals surface area contributed by atoms with E-state index in [2.05, 4.69) is 29.3 Å². The predicted octanol–water partition coefficient (Wildman–Crippen LogP) is 5.29. The SMILES string of the molecule is Cc1cc(C)c([C@H]2[C@H](C(=O)c3ccccc3)N3c4cccnc4C=C[C@H]3C2(C#N)C#N)c(C)c1. The summed E-state index contributed by atoms with van der Waals surface area (Å²) >= 11 is 0. The van der Waals surface area contributed by atoms with Crippen LogP contribution in [-0.4, -0.2) is 22.9 Å². The standard InChI is InChI=1S/C29H24N4O/c1-18-14-19(2)25(20(3)15-18)26-27(28(34)21-8-5-4-6-9-21)33-23-10-7-13-32-22(23)11-12-24(33)29(26,16-30)17-31/h4-15,24,26-27H,1-3H3/t24-,26-,27+/m0/s1. The first-order valence-electron chi connectivity index (χ1n) is 11.3. The van der Waals surface area contributed by atoms with Gasteiger partial charge in [0.15, 0.2) is 11.2 Å². The number of hydrogen-bond donors (Lipinski definition) is 0. The van der Waals surface area contributed by atoms with Crippen molar-refractivity contribution in [3.05, 3.63) is 100 Å². The molecule has 0 unspecified atom stereocenters. The Hall–Kier alpha value is -4.22. The van der Waals surface area contributed by atoms with E-state index in [4.69, 9.17) is 0 Å². The summed E-state index contributed by atoms with van der Waals surface area (Å²) < 4.78 is 0. The Balaban J connectivity index is 1.84. The first-order chi connectivity index (χ1) is 16.4. The van der Waals surface area contributed by atoms with Gasteiger partial charge in [-0.2, -0.15) is 10.5 Å². The summed E-state index contributed by atoms with van der Waals surface area (Å²) in [5, 5.41) is 21.2. The van der Waals surface area contributed by atoms with Crippen molar-refractivity contribution in [3.63, 3.8) is 0 Å². The van der Waals surface area contributed by atoms with Crippen LogP contribution in [0.3, 0.4) is 0 Å². The lowest BCUT2D eigenvalue weighted by molar-refractivity contribution is 0.0951. The van der Waals surface area contributed by atoms with Crippen LogP contribution in [-0.2, 0) is 0 Å². The highest BCUT2D eigenvalue weighted by molar-refractivity contribution is 6.04. The van der Waals surface area contributed by atoms with E-state index in [0.29, 0.717) is 5.56 Å². The summed E-state index contributed by atoms with van der Waals surface area (Å²) in [5.41, 5.74) is 4.58. The van der Waals surface area contributed by atoms with Gasteiger partial charge in [-0.3, -0.25) is 9.78 Å². The van der Waals surface area contributed by atoms with Gasteiger partial charge < -0.3 is 4.90 Å². The molecule has 0 aliphatic carbocycles. The third kappa shape index (κ3) is 2.98. The van der Waals surface area contributed by atoms with E-state index in [-0.39, 0.29) is 5.78 Å². The fourth-order valence-corrected chi connectivity index (χ4v) is 5.88. The van der Waals surface area contributed by atoms with Crippen molar-refractivity contribution in [2.24, 2.45) is 5.41 Å². The average molecular weight is 445 g/mol. The summed E-state index contributed by atoms with van der Waals surface area (Å²) in [6.07, 6.45) is 5.44. The molecule has 3 heterocycles. The summed E-state index contributed by atoms with van der Waals surface area (Å²) in [4.78, 5) is 20.6. The minimum atomic E-state index is -1.45. The molecule has 1 saturated heterocycles. The first kappa shape index (κ1) is 21.6. The molecule has 0 N–H and O–H groups in total. The molecule has 0 saturated carbocycles. The van der Waals surface area contributed by atoms with Gasteiger partial charge in [0.05, 0.1) is 29.6 Å². The molecule has 2 aromatic carbocycles. The van der Waals surface area contributed by atoms with Gasteiger partial charge in [0.25, 0.3) is 0 Å². The van der Waals surface area contributed by atoms with Crippen molar-refractivity contribution >= 4 is 17.5 Å². The minimum Gasteiger partial charge on any atom is -0.349 e. The first-order valence-corrected chi connectivity index (χ1v) is 11.3. The molecule has 5 rings (SSSR count). The quantitative estimate of drug-likeness (QED) is 0.513. The molecule has 2 aliphatic rings. The number of rotatable bonds is 3. The number of carbonyl (C=O) groups excluding carboxylic acids is 1. The Morgan fingerprint density at radius 2 is 1.68 bits per heavy atom. The predicted molar refractivity (Wildman–Crippen MR) is 131 cm³/mol. The Labute approximate surface area is 199 Å². The molecule has 5 heteroatoms. The monoisotopic (exact) mass is 444 g/mol. The number of hydrogen-bond acceptors (Lipinski definition) is 5. The summed E-state index contributed by atoms with van der Waals surface area (Å²) in [6, 6.07) is 20.5. The molecule has 1 aromatic heterocycles. The van der Waals surface area contributed by atoms with Crippen LogP contribution in [0.2, 0.25) is 0 Å². The largest absolute Gasteiger partial charge is 0.349 e. The zero-order valence-corrected chi connectivity index (χ0v) is 19.4. The number of fused-ring (bicyclic) bond motifs is 3. The normalized spacial score (nSPS) is 21.8. The number of nitriles is 2. The zero-order chi connectivity index (χ0) is 24.0. The number of carbonyl (C=O) groups is 1. The molecule has 166 valence electrons. The molecule has 34 heavy (non-hydrogen) atoms. The van der Waals surface area contributed by atoms with E-state index < -0.39 is 23.4 Å². The van der Waals surface area contributed by atoms with Crippen molar-refractivity contribution in [2.75, 3.05) is 4.90 Å².